The lowest BCUT2D eigenvalue weighted by Gasteiger charge is -2.08. The van der Waals surface area contributed by atoms with Crippen molar-refractivity contribution in [1.82, 2.24) is 4.57 Å². The van der Waals surface area contributed by atoms with Crippen LogP contribution >= 0.6 is 0 Å². The molecule has 30 heavy (non-hydrogen) atoms. The van der Waals surface area contributed by atoms with E-state index in [-0.39, 0.29) is 0 Å². The molecule has 0 aliphatic rings. The molecule has 0 saturated carbocycles. The van der Waals surface area contributed by atoms with E-state index in [0.29, 0.717) is 6.04 Å². The second kappa shape index (κ2) is 18.9. The summed E-state index contributed by atoms with van der Waals surface area (Å²) in [5, 5.41) is 0. The van der Waals surface area contributed by atoms with E-state index in [1.165, 1.54) is 129 Å². The minimum Gasteiger partial charge on any atom is -0.234 e. The zero-order valence-electron chi connectivity index (χ0n) is 21.3. The van der Waals surface area contributed by atoms with Crippen molar-refractivity contribution >= 4 is 0 Å². The van der Waals surface area contributed by atoms with Crippen LogP contribution in [0.5, 0.6) is 0 Å². The van der Waals surface area contributed by atoms with Gasteiger partial charge in [-0.2, -0.15) is 0 Å². The molecule has 2 heteroatoms. The largest absolute Gasteiger partial charge is 0.256 e. The fourth-order valence-electron chi connectivity index (χ4n) is 4.61. The summed E-state index contributed by atoms with van der Waals surface area (Å²) < 4.78 is 5.06. The summed E-state index contributed by atoms with van der Waals surface area (Å²) in [6.45, 7) is 10.4. The first-order chi connectivity index (χ1) is 14.7. The van der Waals surface area contributed by atoms with Gasteiger partial charge >= 0.3 is 0 Å². The van der Waals surface area contributed by atoms with Crippen LogP contribution in [0.15, 0.2) is 12.4 Å². The Hall–Kier alpha value is -0.790. The lowest BCUT2D eigenvalue weighted by molar-refractivity contribution is -0.704. The Morgan fingerprint density at radius 2 is 1.07 bits per heavy atom. The highest BCUT2D eigenvalue weighted by Crippen LogP contribution is 2.15. The molecule has 176 valence electrons. The SMILES string of the molecule is CCCCCCCCCCCCCCc1n(C(C)C)cc[n+]1CCCCCCCC. The van der Waals surface area contributed by atoms with Gasteiger partial charge in [0.1, 0.15) is 12.4 Å². The van der Waals surface area contributed by atoms with Crippen molar-refractivity contribution in [3.63, 3.8) is 0 Å². The van der Waals surface area contributed by atoms with E-state index >= 15 is 0 Å². The van der Waals surface area contributed by atoms with Crippen LogP contribution in [0.2, 0.25) is 0 Å². The van der Waals surface area contributed by atoms with Gasteiger partial charge in [0.2, 0.25) is 0 Å². The summed E-state index contributed by atoms with van der Waals surface area (Å²) in [7, 11) is 0. The van der Waals surface area contributed by atoms with Gasteiger partial charge in [-0.3, -0.25) is 0 Å². The first kappa shape index (κ1) is 27.2. The summed E-state index contributed by atoms with van der Waals surface area (Å²) in [5.41, 5.74) is 0. The molecule has 0 fully saturated rings. The Balaban J connectivity index is 2.18. The summed E-state index contributed by atoms with van der Waals surface area (Å²) >= 11 is 0. The molecule has 0 aliphatic heterocycles. The van der Waals surface area contributed by atoms with E-state index in [1.807, 2.05) is 0 Å². The molecule has 0 atom stereocenters. The second-order valence-electron chi connectivity index (χ2n) is 9.82. The van der Waals surface area contributed by atoms with E-state index in [1.54, 1.807) is 5.82 Å². The third-order valence-electron chi connectivity index (χ3n) is 6.60. The van der Waals surface area contributed by atoms with Gasteiger partial charge in [0.05, 0.1) is 12.6 Å². The third-order valence-corrected chi connectivity index (χ3v) is 6.60. The maximum absolute atomic E-state index is 2.55. The van der Waals surface area contributed by atoms with Crippen LogP contribution in [0.3, 0.4) is 0 Å². The predicted molar refractivity (Wildman–Crippen MR) is 133 cm³/mol. The number of rotatable bonds is 21. The van der Waals surface area contributed by atoms with E-state index in [9.17, 15) is 0 Å². The number of hydrogen-bond donors (Lipinski definition) is 0. The van der Waals surface area contributed by atoms with E-state index in [0.717, 1.165) is 0 Å². The van der Waals surface area contributed by atoms with E-state index in [4.69, 9.17) is 0 Å². The van der Waals surface area contributed by atoms with Crippen LogP contribution in [-0.4, -0.2) is 4.57 Å². The highest BCUT2D eigenvalue weighted by molar-refractivity contribution is 4.86. The molecule has 1 heterocycles. The summed E-state index contributed by atoms with van der Waals surface area (Å²) in [4.78, 5) is 0. The number of aromatic nitrogens is 2. The highest BCUT2D eigenvalue weighted by atomic mass is 15.2. The Morgan fingerprint density at radius 3 is 1.53 bits per heavy atom. The van der Waals surface area contributed by atoms with Gasteiger partial charge in [-0.1, -0.05) is 110 Å². The predicted octanol–water partition coefficient (Wildman–Crippen LogP) is 8.96. The molecule has 0 bridgehead atoms. The molecule has 0 N–H and O–H groups in total. The zero-order valence-corrected chi connectivity index (χ0v) is 21.3. The minimum absolute atomic E-state index is 0.572. The van der Waals surface area contributed by atoms with Crippen LogP contribution < -0.4 is 4.57 Å². The molecule has 0 radical (unpaired) electrons. The Bertz CT molecular complexity index is 489. The second-order valence-corrected chi connectivity index (χ2v) is 9.82. The smallest absolute Gasteiger partial charge is 0.234 e. The average Bonchev–Trinajstić information content (AvgIpc) is 3.14. The number of hydrogen-bond acceptors (Lipinski definition) is 0. The monoisotopic (exact) mass is 419 g/mol. The quantitative estimate of drug-likeness (QED) is 0.139. The van der Waals surface area contributed by atoms with Crippen LogP contribution in [-0.2, 0) is 13.0 Å². The minimum atomic E-state index is 0.572. The van der Waals surface area contributed by atoms with Crippen molar-refractivity contribution in [2.45, 2.75) is 162 Å². The van der Waals surface area contributed by atoms with Crippen LogP contribution in [0.1, 0.15) is 155 Å². The van der Waals surface area contributed by atoms with Gasteiger partial charge in [-0.05, 0) is 33.1 Å². The van der Waals surface area contributed by atoms with Crippen LogP contribution in [0, 0.1) is 0 Å². The van der Waals surface area contributed by atoms with Crippen molar-refractivity contribution in [2.75, 3.05) is 0 Å². The van der Waals surface area contributed by atoms with Crippen LogP contribution in [0.4, 0.5) is 0 Å². The topological polar surface area (TPSA) is 8.81 Å². The molecular formula is C28H55N2+. The molecule has 0 saturated heterocycles. The van der Waals surface area contributed by atoms with Gasteiger partial charge in [0, 0.05) is 6.42 Å². The molecule has 0 unspecified atom stereocenters. The summed E-state index contributed by atoms with van der Waals surface area (Å²) in [6.07, 6.45) is 31.4. The first-order valence-electron chi connectivity index (χ1n) is 13.8. The van der Waals surface area contributed by atoms with E-state index in [2.05, 4.69) is 49.2 Å². The number of nitrogens with zero attached hydrogens (tertiary/aromatic N) is 2. The standard InChI is InChI=1S/C28H55N2/c1-5-7-9-11-13-14-15-16-17-18-19-21-23-28-29(25-26-30(28)27(3)4)24-22-20-12-10-8-6-2/h25-27H,5-24H2,1-4H3/q+1. The number of unbranched alkanes of at least 4 members (excludes halogenated alkanes) is 16. The molecule has 0 spiro atoms. The third kappa shape index (κ3) is 12.8. The highest BCUT2D eigenvalue weighted by Gasteiger charge is 2.18. The number of aryl methyl sites for hydroxylation is 1. The van der Waals surface area contributed by atoms with Gasteiger partial charge < -0.3 is 0 Å². The van der Waals surface area contributed by atoms with Gasteiger partial charge in [-0.15, -0.1) is 0 Å². The van der Waals surface area contributed by atoms with Crippen molar-refractivity contribution in [3.8, 4) is 0 Å². The molecule has 1 aromatic heterocycles. The normalized spacial score (nSPS) is 11.6. The fourth-order valence-corrected chi connectivity index (χ4v) is 4.61. The molecule has 2 nitrogen and oxygen atoms in total. The van der Waals surface area contributed by atoms with Crippen molar-refractivity contribution in [1.29, 1.82) is 0 Å². The zero-order chi connectivity index (χ0) is 21.9. The van der Waals surface area contributed by atoms with Crippen molar-refractivity contribution < 1.29 is 4.57 Å². The van der Waals surface area contributed by atoms with Gasteiger partial charge in [0.25, 0.3) is 5.82 Å². The maximum Gasteiger partial charge on any atom is 0.256 e. The van der Waals surface area contributed by atoms with Crippen molar-refractivity contribution in [3.05, 3.63) is 18.2 Å². The summed E-state index contributed by atoms with van der Waals surface area (Å²) in [6, 6.07) is 0.572. The number of imidazole rings is 1. The maximum atomic E-state index is 2.55. The fraction of sp³-hybridized carbons (Fsp3) is 0.893. The lowest BCUT2D eigenvalue weighted by atomic mass is 10.0. The van der Waals surface area contributed by atoms with Gasteiger partial charge in [0.15, 0.2) is 0 Å². The summed E-state index contributed by atoms with van der Waals surface area (Å²) in [5.74, 6) is 1.56. The molecule has 0 amide bonds. The van der Waals surface area contributed by atoms with E-state index < -0.39 is 0 Å². The lowest BCUT2D eigenvalue weighted by Crippen LogP contribution is -2.37. The Labute approximate surface area is 189 Å². The molecule has 0 aliphatic carbocycles. The molecule has 1 aromatic rings. The molecule has 0 aromatic carbocycles. The average molecular weight is 420 g/mol. The molecule has 1 rings (SSSR count). The Kier molecular flexibility index (Phi) is 17.2. The van der Waals surface area contributed by atoms with Crippen molar-refractivity contribution in [2.24, 2.45) is 0 Å². The van der Waals surface area contributed by atoms with Gasteiger partial charge in [-0.25, -0.2) is 9.13 Å². The molecular weight excluding hydrogens is 364 g/mol. The Morgan fingerprint density at radius 1 is 0.633 bits per heavy atom. The first-order valence-corrected chi connectivity index (χ1v) is 13.8. The van der Waals surface area contributed by atoms with Crippen LogP contribution in [0.25, 0.3) is 0 Å².